The highest BCUT2D eigenvalue weighted by Crippen LogP contribution is 2.23. The van der Waals surface area contributed by atoms with Crippen LogP contribution in [0.4, 0.5) is 0 Å². The van der Waals surface area contributed by atoms with Gasteiger partial charge in [-0.2, -0.15) is 0 Å². The summed E-state index contributed by atoms with van der Waals surface area (Å²) >= 11 is 0. The largest absolute Gasteiger partial charge is 0.384 e. The van der Waals surface area contributed by atoms with Crippen LogP contribution in [0, 0.1) is 5.41 Å². The highest BCUT2D eigenvalue weighted by atomic mass is 16.3. The van der Waals surface area contributed by atoms with Crippen LogP contribution in [0.15, 0.2) is 24.3 Å². The van der Waals surface area contributed by atoms with Crippen LogP contribution in [-0.2, 0) is 6.42 Å². The lowest BCUT2D eigenvalue weighted by atomic mass is 9.84. The van der Waals surface area contributed by atoms with Gasteiger partial charge in [-0.15, -0.1) is 0 Å². The molecule has 0 heterocycles. The third kappa shape index (κ3) is 3.67. The minimum absolute atomic E-state index is 0.185. The molecule has 0 aliphatic carbocycles. The van der Waals surface area contributed by atoms with Gasteiger partial charge >= 0.3 is 0 Å². The summed E-state index contributed by atoms with van der Waals surface area (Å²) in [4.78, 5) is 12.1. The Morgan fingerprint density at radius 3 is 2.53 bits per heavy atom. The van der Waals surface area contributed by atoms with E-state index in [1.54, 1.807) is 6.07 Å². The Hall–Kier alpha value is -1.15. The second-order valence-electron chi connectivity index (χ2n) is 5.58. The number of aliphatic hydroxyl groups is 1. The molecule has 0 saturated carbocycles. The summed E-state index contributed by atoms with van der Waals surface area (Å²) < 4.78 is 0. The number of hydrogen-bond donors (Lipinski definition) is 1. The third-order valence-corrected chi connectivity index (χ3v) is 2.82. The minimum atomic E-state index is -0.945. The number of ketones is 1. The Labute approximate surface area is 104 Å². The molecule has 1 atom stereocenters. The lowest BCUT2D eigenvalue weighted by molar-refractivity contribution is 0.0442. The van der Waals surface area contributed by atoms with Crippen LogP contribution < -0.4 is 0 Å². The maximum Gasteiger partial charge on any atom is 0.191 e. The molecule has 0 radical (unpaired) electrons. The number of aliphatic hydroxyl groups excluding tert-OH is 1. The second-order valence-corrected chi connectivity index (χ2v) is 5.58. The molecule has 0 aliphatic rings. The zero-order valence-corrected chi connectivity index (χ0v) is 11.2. The van der Waals surface area contributed by atoms with Gasteiger partial charge in [0.25, 0.3) is 0 Å². The quantitative estimate of drug-likeness (QED) is 0.812. The Kier molecular flexibility index (Phi) is 4.47. The normalized spacial score (nSPS) is 13.5. The highest BCUT2D eigenvalue weighted by Gasteiger charge is 2.29. The smallest absolute Gasteiger partial charge is 0.191 e. The number of carbonyl (C=O) groups is 1. The monoisotopic (exact) mass is 234 g/mol. The van der Waals surface area contributed by atoms with Gasteiger partial charge in [-0.1, -0.05) is 52.3 Å². The molecule has 0 spiro atoms. The Balaban J connectivity index is 2.93. The topological polar surface area (TPSA) is 37.3 Å². The van der Waals surface area contributed by atoms with E-state index in [1.807, 2.05) is 39.0 Å². The zero-order chi connectivity index (χ0) is 13.1. The number of Topliss-reactive ketones (excluding diaryl/α,β-unsaturated/α-hetero) is 1. The van der Waals surface area contributed by atoms with E-state index in [4.69, 9.17) is 0 Å². The average Bonchev–Trinajstić information content (AvgIpc) is 2.27. The summed E-state index contributed by atoms with van der Waals surface area (Å²) in [5.41, 5.74) is 1.34. The van der Waals surface area contributed by atoms with Crippen molar-refractivity contribution in [3.8, 4) is 0 Å². The Bertz CT molecular complexity index is 388. The number of benzene rings is 1. The molecular formula is C15H22O2. The molecule has 0 saturated heterocycles. The van der Waals surface area contributed by atoms with Crippen molar-refractivity contribution in [1.82, 2.24) is 0 Å². The Morgan fingerprint density at radius 1 is 1.35 bits per heavy atom. The fraction of sp³-hybridized carbons (Fsp3) is 0.533. The van der Waals surface area contributed by atoms with Gasteiger partial charge in [0, 0.05) is 5.56 Å². The number of hydrogen-bond acceptors (Lipinski definition) is 2. The minimum Gasteiger partial charge on any atom is -0.384 e. The van der Waals surface area contributed by atoms with Crippen LogP contribution in [-0.4, -0.2) is 17.0 Å². The third-order valence-electron chi connectivity index (χ3n) is 2.82. The summed E-state index contributed by atoms with van der Waals surface area (Å²) in [7, 11) is 0. The SMILES string of the molecule is CCCc1cccc(C(=O)C(O)C(C)(C)C)c1. The lowest BCUT2D eigenvalue weighted by Gasteiger charge is -2.24. The van der Waals surface area contributed by atoms with Crippen molar-refractivity contribution in [2.24, 2.45) is 5.41 Å². The van der Waals surface area contributed by atoms with Gasteiger partial charge in [0.15, 0.2) is 5.78 Å². The second kappa shape index (κ2) is 5.46. The van der Waals surface area contributed by atoms with E-state index in [2.05, 4.69) is 6.92 Å². The van der Waals surface area contributed by atoms with Crippen molar-refractivity contribution < 1.29 is 9.90 Å². The molecule has 1 aromatic rings. The molecule has 2 nitrogen and oxygen atoms in total. The van der Waals surface area contributed by atoms with Crippen LogP contribution in [0.25, 0.3) is 0 Å². The van der Waals surface area contributed by atoms with E-state index in [1.165, 1.54) is 0 Å². The van der Waals surface area contributed by atoms with E-state index in [0.717, 1.165) is 18.4 Å². The molecule has 0 aliphatic heterocycles. The van der Waals surface area contributed by atoms with Crippen molar-refractivity contribution in [2.45, 2.75) is 46.6 Å². The lowest BCUT2D eigenvalue weighted by Crippen LogP contribution is -2.34. The number of aryl methyl sites for hydroxylation is 1. The molecule has 2 heteroatoms. The number of carbonyl (C=O) groups excluding carboxylic acids is 1. The molecule has 0 fully saturated rings. The summed E-state index contributed by atoms with van der Waals surface area (Å²) in [5.74, 6) is -0.185. The molecular weight excluding hydrogens is 212 g/mol. The highest BCUT2D eigenvalue weighted by molar-refractivity contribution is 5.99. The standard InChI is InChI=1S/C15H22O2/c1-5-7-11-8-6-9-12(10-11)13(16)14(17)15(2,3)4/h6,8-10,14,17H,5,7H2,1-4H3. The number of rotatable bonds is 4. The molecule has 0 bridgehead atoms. The van der Waals surface area contributed by atoms with Gasteiger partial charge in [-0.25, -0.2) is 0 Å². The van der Waals surface area contributed by atoms with Crippen LogP contribution in [0.2, 0.25) is 0 Å². The van der Waals surface area contributed by atoms with Crippen molar-refractivity contribution >= 4 is 5.78 Å². The first-order chi connectivity index (χ1) is 7.86. The van der Waals surface area contributed by atoms with Crippen molar-refractivity contribution in [3.63, 3.8) is 0 Å². The van der Waals surface area contributed by atoms with Gasteiger partial charge in [0.2, 0.25) is 0 Å². The van der Waals surface area contributed by atoms with E-state index in [9.17, 15) is 9.90 Å². The van der Waals surface area contributed by atoms with Crippen LogP contribution in [0.5, 0.6) is 0 Å². The van der Waals surface area contributed by atoms with Crippen LogP contribution in [0.3, 0.4) is 0 Å². The summed E-state index contributed by atoms with van der Waals surface area (Å²) in [6.07, 6.45) is 1.08. The van der Waals surface area contributed by atoms with Crippen LogP contribution in [0.1, 0.15) is 50.0 Å². The zero-order valence-electron chi connectivity index (χ0n) is 11.2. The molecule has 1 N–H and O–H groups in total. The van der Waals surface area contributed by atoms with Crippen molar-refractivity contribution in [1.29, 1.82) is 0 Å². The maximum absolute atomic E-state index is 12.1. The van der Waals surface area contributed by atoms with E-state index < -0.39 is 11.5 Å². The van der Waals surface area contributed by atoms with Crippen LogP contribution >= 0.6 is 0 Å². The molecule has 0 amide bonds. The molecule has 1 rings (SSSR count). The van der Waals surface area contributed by atoms with Crippen molar-refractivity contribution in [2.75, 3.05) is 0 Å². The average molecular weight is 234 g/mol. The summed E-state index contributed by atoms with van der Waals surface area (Å²) in [5, 5.41) is 9.98. The predicted octanol–water partition coefficient (Wildman–Crippen LogP) is 3.23. The molecule has 0 aromatic heterocycles. The van der Waals surface area contributed by atoms with Gasteiger partial charge in [0.1, 0.15) is 6.10 Å². The van der Waals surface area contributed by atoms with E-state index in [-0.39, 0.29) is 5.78 Å². The van der Waals surface area contributed by atoms with Gasteiger partial charge < -0.3 is 5.11 Å². The van der Waals surface area contributed by atoms with E-state index >= 15 is 0 Å². The molecule has 1 unspecified atom stereocenters. The van der Waals surface area contributed by atoms with Gasteiger partial charge in [-0.3, -0.25) is 4.79 Å². The molecule has 94 valence electrons. The predicted molar refractivity (Wildman–Crippen MR) is 70.2 cm³/mol. The first-order valence-corrected chi connectivity index (χ1v) is 6.17. The first-order valence-electron chi connectivity index (χ1n) is 6.17. The maximum atomic E-state index is 12.1. The Morgan fingerprint density at radius 2 is 2.00 bits per heavy atom. The molecule has 1 aromatic carbocycles. The fourth-order valence-corrected chi connectivity index (χ4v) is 1.72. The van der Waals surface area contributed by atoms with Gasteiger partial charge in [0.05, 0.1) is 0 Å². The molecule has 17 heavy (non-hydrogen) atoms. The summed E-state index contributed by atoms with van der Waals surface area (Å²) in [6.45, 7) is 7.71. The fourth-order valence-electron chi connectivity index (χ4n) is 1.72. The first kappa shape index (κ1) is 13.9. The van der Waals surface area contributed by atoms with Crippen molar-refractivity contribution in [3.05, 3.63) is 35.4 Å². The van der Waals surface area contributed by atoms with E-state index in [0.29, 0.717) is 5.56 Å². The van der Waals surface area contributed by atoms with Gasteiger partial charge in [-0.05, 0) is 23.5 Å². The summed E-state index contributed by atoms with van der Waals surface area (Å²) in [6, 6.07) is 7.56.